The van der Waals surface area contributed by atoms with Crippen molar-refractivity contribution >= 4 is 17.5 Å². The highest BCUT2D eigenvalue weighted by atomic mass is 35.5. The van der Waals surface area contributed by atoms with Crippen molar-refractivity contribution < 1.29 is 9.53 Å². The highest BCUT2D eigenvalue weighted by molar-refractivity contribution is 6.30. The molecule has 0 radical (unpaired) electrons. The van der Waals surface area contributed by atoms with Crippen LogP contribution in [0, 0.1) is 5.92 Å². The summed E-state index contributed by atoms with van der Waals surface area (Å²) in [6.45, 7) is 2.52. The van der Waals surface area contributed by atoms with Gasteiger partial charge in [0.25, 0.3) is 0 Å². The number of carbonyl (C=O) groups excluding carboxylic acids is 1. The van der Waals surface area contributed by atoms with Crippen molar-refractivity contribution in [3.05, 3.63) is 64.7 Å². The molecule has 3 saturated heterocycles. The van der Waals surface area contributed by atoms with Gasteiger partial charge in [0.1, 0.15) is 11.3 Å². The molecule has 2 aromatic rings. The van der Waals surface area contributed by atoms with Crippen molar-refractivity contribution in [3.63, 3.8) is 0 Å². The minimum atomic E-state index is -0.306. The molecular formula is C23H25ClN2O2. The Labute approximate surface area is 171 Å². The number of methoxy groups -OCH3 is 1. The first kappa shape index (κ1) is 18.0. The van der Waals surface area contributed by atoms with E-state index in [0.717, 1.165) is 48.7 Å². The highest BCUT2D eigenvalue weighted by Gasteiger charge is 2.65. The van der Waals surface area contributed by atoms with Crippen LogP contribution < -0.4 is 4.74 Å². The summed E-state index contributed by atoms with van der Waals surface area (Å²) >= 11 is 6.25. The maximum atomic E-state index is 13.6. The summed E-state index contributed by atoms with van der Waals surface area (Å²) < 4.78 is 5.24. The number of hydrogen-bond acceptors (Lipinski definition) is 3. The van der Waals surface area contributed by atoms with Crippen LogP contribution in [0.4, 0.5) is 0 Å². The van der Waals surface area contributed by atoms with E-state index in [1.807, 2.05) is 24.3 Å². The van der Waals surface area contributed by atoms with E-state index < -0.39 is 0 Å². The van der Waals surface area contributed by atoms with E-state index in [4.69, 9.17) is 16.3 Å². The van der Waals surface area contributed by atoms with Crippen LogP contribution >= 0.6 is 11.6 Å². The number of halogens is 1. The fourth-order valence-corrected chi connectivity index (χ4v) is 5.90. The minimum Gasteiger partial charge on any atom is -0.497 e. The van der Waals surface area contributed by atoms with Gasteiger partial charge in [0.2, 0.25) is 5.91 Å². The molecule has 3 aliphatic rings. The summed E-state index contributed by atoms with van der Waals surface area (Å²) in [6.07, 6.45) is 3.10. The number of carbonyl (C=O) groups is 1. The lowest BCUT2D eigenvalue weighted by molar-refractivity contribution is -0.137. The van der Waals surface area contributed by atoms with E-state index in [2.05, 4.69) is 34.1 Å². The predicted molar refractivity (Wildman–Crippen MR) is 109 cm³/mol. The molecule has 1 spiro atoms. The molecule has 1 amide bonds. The Morgan fingerprint density at radius 2 is 2.04 bits per heavy atom. The Balaban J connectivity index is 1.39. The second-order valence-electron chi connectivity index (χ2n) is 8.26. The van der Waals surface area contributed by atoms with E-state index >= 15 is 0 Å². The van der Waals surface area contributed by atoms with Gasteiger partial charge in [0.05, 0.1) is 7.11 Å². The maximum Gasteiger partial charge on any atom is 0.243 e. The fraction of sp³-hybridized carbons (Fsp3) is 0.435. The quantitative estimate of drug-likeness (QED) is 0.773. The van der Waals surface area contributed by atoms with Gasteiger partial charge in [-0.1, -0.05) is 35.9 Å². The lowest BCUT2D eigenvalue weighted by atomic mass is 9.85. The number of ether oxygens (including phenoxy) is 1. The summed E-state index contributed by atoms with van der Waals surface area (Å²) in [7, 11) is 1.67. The highest BCUT2D eigenvalue weighted by Crippen LogP contribution is 2.56. The topological polar surface area (TPSA) is 32.8 Å². The standard InChI is InChI=1S/C23H25ClN2O2/c1-28-20-8-6-16(7-9-20)14-25-15-18-13-21(17-4-2-5-19(24)12-17)26-11-3-10-23(18,26)22(25)27/h2,4-9,12,18,21H,3,10-11,13-15H2,1H3/t18-,21-,23-/m0/s1. The van der Waals surface area contributed by atoms with Crippen molar-refractivity contribution in [1.82, 2.24) is 9.80 Å². The molecule has 0 aromatic heterocycles. The Bertz CT molecular complexity index is 900. The molecule has 3 aliphatic heterocycles. The van der Waals surface area contributed by atoms with Crippen molar-refractivity contribution in [2.45, 2.75) is 37.4 Å². The van der Waals surface area contributed by atoms with Crippen LogP contribution in [0.1, 0.15) is 36.4 Å². The van der Waals surface area contributed by atoms with Gasteiger partial charge in [-0.3, -0.25) is 9.69 Å². The van der Waals surface area contributed by atoms with Gasteiger partial charge in [-0.15, -0.1) is 0 Å². The molecular weight excluding hydrogens is 372 g/mol. The van der Waals surface area contributed by atoms with Gasteiger partial charge in [-0.05, 0) is 61.2 Å². The third kappa shape index (κ3) is 2.66. The first-order valence-electron chi connectivity index (χ1n) is 10.1. The Hall–Kier alpha value is -2.04. The first-order valence-corrected chi connectivity index (χ1v) is 10.4. The Kier molecular flexibility index (Phi) is 4.37. The SMILES string of the molecule is COc1ccc(CN2C[C@@H]3C[C@@H](c4cccc(Cl)c4)N4CCC[C@@]34C2=O)cc1. The lowest BCUT2D eigenvalue weighted by Gasteiger charge is -2.33. The molecule has 0 bridgehead atoms. The minimum absolute atomic E-state index is 0.304. The zero-order valence-corrected chi connectivity index (χ0v) is 16.9. The van der Waals surface area contributed by atoms with Crippen LogP contribution in [-0.2, 0) is 11.3 Å². The first-order chi connectivity index (χ1) is 13.6. The van der Waals surface area contributed by atoms with E-state index in [1.165, 1.54) is 5.56 Å². The lowest BCUT2D eigenvalue weighted by Crippen LogP contribution is -2.49. The molecule has 0 saturated carbocycles. The van der Waals surface area contributed by atoms with Crippen LogP contribution in [-0.4, -0.2) is 41.4 Å². The number of amides is 1. The average Bonchev–Trinajstić information content (AvgIpc) is 3.33. The van der Waals surface area contributed by atoms with E-state index in [1.54, 1.807) is 7.11 Å². The van der Waals surface area contributed by atoms with Crippen molar-refractivity contribution in [2.75, 3.05) is 20.2 Å². The summed E-state index contributed by atoms with van der Waals surface area (Å²) in [4.78, 5) is 18.1. The molecule has 3 fully saturated rings. The summed E-state index contributed by atoms with van der Waals surface area (Å²) in [6, 6.07) is 16.5. The van der Waals surface area contributed by atoms with Crippen LogP contribution in [0.15, 0.2) is 48.5 Å². The molecule has 3 heterocycles. The predicted octanol–water partition coefficient (Wildman–Crippen LogP) is 4.29. The molecule has 4 nitrogen and oxygen atoms in total. The molecule has 28 heavy (non-hydrogen) atoms. The summed E-state index contributed by atoms with van der Waals surface area (Å²) in [5.41, 5.74) is 2.10. The Morgan fingerprint density at radius 1 is 1.21 bits per heavy atom. The monoisotopic (exact) mass is 396 g/mol. The smallest absolute Gasteiger partial charge is 0.243 e. The fourth-order valence-electron chi connectivity index (χ4n) is 5.70. The van der Waals surface area contributed by atoms with Crippen molar-refractivity contribution in [2.24, 2.45) is 5.92 Å². The van der Waals surface area contributed by atoms with Crippen molar-refractivity contribution in [3.8, 4) is 5.75 Å². The molecule has 2 aromatic carbocycles. The van der Waals surface area contributed by atoms with Gasteiger partial charge < -0.3 is 9.64 Å². The van der Waals surface area contributed by atoms with Gasteiger partial charge in [-0.2, -0.15) is 0 Å². The van der Waals surface area contributed by atoms with E-state index in [-0.39, 0.29) is 5.54 Å². The molecule has 146 valence electrons. The number of nitrogens with zero attached hydrogens (tertiary/aromatic N) is 2. The molecule has 5 rings (SSSR count). The second kappa shape index (κ2) is 6.78. The number of likely N-dealkylation sites (tertiary alicyclic amines) is 1. The molecule has 3 atom stereocenters. The maximum absolute atomic E-state index is 13.6. The summed E-state index contributed by atoms with van der Waals surface area (Å²) in [5.74, 6) is 1.55. The van der Waals surface area contributed by atoms with Gasteiger partial charge in [0.15, 0.2) is 0 Å². The summed E-state index contributed by atoms with van der Waals surface area (Å²) in [5, 5.41) is 0.773. The van der Waals surface area contributed by atoms with Gasteiger partial charge >= 0.3 is 0 Å². The van der Waals surface area contributed by atoms with Gasteiger partial charge in [0, 0.05) is 30.1 Å². The third-order valence-corrected chi connectivity index (χ3v) is 7.13. The number of benzene rings is 2. The van der Waals surface area contributed by atoms with Crippen LogP contribution in [0.25, 0.3) is 0 Å². The Morgan fingerprint density at radius 3 is 2.79 bits per heavy atom. The molecule has 0 N–H and O–H groups in total. The largest absolute Gasteiger partial charge is 0.497 e. The van der Waals surface area contributed by atoms with Crippen LogP contribution in [0.3, 0.4) is 0 Å². The number of hydrogen-bond donors (Lipinski definition) is 0. The average molecular weight is 397 g/mol. The zero-order valence-electron chi connectivity index (χ0n) is 16.1. The number of rotatable bonds is 4. The van der Waals surface area contributed by atoms with Gasteiger partial charge in [-0.25, -0.2) is 0 Å². The van der Waals surface area contributed by atoms with Crippen LogP contribution in [0.2, 0.25) is 5.02 Å². The van der Waals surface area contributed by atoms with Crippen molar-refractivity contribution in [1.29, 1.82) is 0 Å². The molecule has 5 heteroatoms. The molecule has 0 unspecified atom stereocenters. The normalized spacial score (nSPS) is 29.2. The zero-order chi connectivity index (χ0) is 19.3. The molecule has 0 aliphatic carbocycles. The van der Waals surface area contributed by atoms with Crippen LogP contribution in [0.5, 0.6) is 5.75 Å². The third-order valence-electron chi connectivity index (χ3n) is 6.89. The second-order valence-corrected chi connectivity index (χ2v) is 8.69. The van der Waals surface area contributed by atoms with E-state index in [9.17, 15) is 4.79 Å². The van der Waals surface area contributed by atoms with E-state index in [0.29, 0.717) is 24.4 Å².